The second-order valence-corrected chi connectivity index (χ2v) is 7.13. The Hall–Kier alpha value is -1.98. The van der Waals surface area contributed by atoms with Gasteiger partial charge in [-0.1, -0.05) is 13.8 Å². The summed E-state index contributed by atoms with van der Waals surface area (Å²) in [6.45, 7) is 7.85. The van der Waals surface area contributed by atoms with Crippen LogP contribution in [0.4, 0.5) is 9.02 Å². The van der Waals surface area contributed by atoms with E-state index in [1.807, 2.05) is 45.9 Å². The molecule has 3 nitrogen and oxygen atoms in total. The molecule has 1 aromatic heterocycles. The van der Waals surface area contributed by atoms with Crippen LogP contribution in [0.1, 0.15) is 56.5 Å². The van der Waals surface area contributed by atoms with Crippen LogP contribution >= 0.6 is 0 Å². The van der Waals surface area contributed by atoms with E-state index in [9.17, 15) is 4.79 Å². The van der Waals surface area contributed by atoms with E-state index in [0.29, 0.717) is 12.2 Å². The predicted octanol–water partition coefficient (Wildman–Crippen LogP) is 4.22. The largest absolute Gasteiger partial charge is 0.846 e. The summed E-state index contributed by atoms with van der Waals surface area (Å²) in [5.41, 5.74) is 4.93. The first-order valence-electron chi connectivity index (χ1n) is 8.80. The molecule has 0 fully saturated rings. The van der Waals surface area contributed by atoms with Crippen LogP contribution < -0.4 is 0 Å². The molecular weight excluding hydrogens is 321 g/mol. The normalized spacial score (nSPS) is 15.3. The zero-order chi connectivity index (χ0) is 17.4. The Morgan fingerprint density at radius 1 is 1.28 bits per heavy atom. The molecule has 0 atom stereocenters. The number of hydrogen-bond acceptors (Lipinski definition) is 1. The maximum atomic E-state index is 15.1. The van der Waals surface area contributed by atoms with Crippen molar-refractivity contribution in [2.45, 2.75) is 53.4 Å². The fourth-order valence-electron chi connectivity index (χ4n) is 3.54. The molecule has 0 spiro atoms. The van der Waals surface area contributed by atoms with E-state index < -0.39 is 7.26 Å². The maximum absolute atomic E-state index is 15.1. The molecule has 134 valence electrons. The quantitative estimate of drug-likeness (QED) is 0.559. The summed E-state index contributed by atoms with van der Waals surface area (Å²) in [7, 11) is -1.18. The van der Waals surface area contributed by atoms with E-state index in [0.717, 1.165) is 47.6 Å². The van der Waals surface area contributed by atoms with Crippen molar-refractivity contribution in [1.29, 1.82) is 0 Å². The number of allylic oxidation sites excluding steroid dienone is 2. The number of fused-ring (bicyclic) bond motifs is 2. The van der Waals surface area contributed by atoms with Crippen LogP contribution in [-0.2, 0) is 4.79 Å². The van der Waals surface area contributed by atoms with Crippen molar-refractivity contribution in [2.75, 3.05) is 0 Å². The first kappa shape index (κ1) is 19.4. The average Bonchev–Trinajstić information content (AvgIpc) is 3.05. The molecule has 2 aliphatic rings. The monoisotopic (exact) mass is 347 g/mol. The van der Waals surface area contributed by atoms with Gasteiger partial charge in [-0.15, -0.1) is 0 Å². The number of aromatic nitrogens is 1. The molecular formula is C19H26BF2N2O+. The van der Waals surface area contributed by atoms with Crippen molar-refractivity contribution < 1.29 is 18.3 Å². The average molecular weight is 347 g/mol. The Labute approximate surface area is 148 Å². The minimum Gasteiger partial charge on any atom is -0.299 e. The number of ketones is 1. The standard InChI is InChI=1S/C19H25BFN2O.FH/c1-13(2)19(24)8-6-5-7-16-9-10-17-12-18-14(3)11-15(4)22(18)20(21)23(16)17;/h9-13H,5-8H2,1-4H3;1H/q+1;. The number of rotatable bonds is 6. The van der Waals surface area contributed by atoms with Gasteiger partial charge in [0.25, 0.3) is 0 Å². The molecule has 0 saturated carbocycles. The van der Waals surface area contributed by atoms with Gasteiger partial charge in [0.05, 0.1) is 0 Å². The van der Waals surface area contributed by atoms with Crippen molar-refractivity contribution in [3.8, 4) is 0 Å². The van der Waals surface area contributed by atoms with Crippen molar-refractivity contribution in [3.63, 3.8) is 0 Å². The molecule has 25 heavy (non-hydrogen) atoms. The minimum absolute atomic E-state index is 0. The van der Waals surface area contributed by atoms with Gasteiger partial charge < -0.3 is 0 Å². The molecule has 3 rings (SSSR count). The van der Waals surface area contributed by atoms with Gasteiger partial charge in [-0.3, -0.25) is 14.0 Å². The van der Waals surface area contributed by atoms with Gasteiger partial charge in [0.1, 0.15) is 5.78 Å². The Balaban J connectivity index is 0.00000225. The van der Waals surface area contributed by atoms with E-state index in [2.05, 4.69) is 6.08 Å². The molecule has 0 saturated heterocycles. The van der Waals surface area contributed by atoms with Gasteiger partial charge in [-0.2, -0.15) is 0 Å². The number of Topliss-reactive ketones (excluding diaryl/α,β-unsaturated/α-hetero) is 1. The van der Waals surface area contributed by atoms with Crippen molar-refractivity contribution in [2.24, 2.45) is 5.92 Å². The van der Waals surface area contributed by atoms with Crippen LogP contribution in [-0.4, -0.2) is 27.7 Å². The fourth-order valence-corrected chi connectivity index (χ4v) is 3.54. The highest BCUT2D eigenvalue weighted by Crippen LogP contribution is 2.28. The van der Waals surface area contributed by atoms with Gasteiger partial charge >= 0.3 is 7.26 Å². The third-order valence-corrected chi connectivity index (χ3v) is 4.96. The molecule has 0 unspecified atom stereocenters. The molecule has 0 radical (unpaired) electrons. The summed E-state index contributed by atoms with van der Waals surface area (Å²) in [5, 5.41) is 0. The second-order valence-electron chi connectivity index (χ2n) is 7.13. The van der Waals surface area contributed by atoms with Crippen molar-refractivity contribution >= 4 is 24.8 Å². The summed E-state index contributed by atoms with van der Waals surface area (Å²) in [4.78, 5) is 11.7. The van der Waals surface area contributed by atoms with Gasteiger partial charge in [0, 0.05) is 48.4 Å². The highest BCUT2D eigenvalue weighted by molar-refractivity contribution is 6.43. The number of halogens is 2. The minimum atomic E-state index is -1.18. The summed E-state index contributed by atoms with van der Waals surface area (Å²) in [6, 6.07) is 2.03. The molecule has 2 aliphatic heterocycles. The number of unbranched alkanes of at least 4 members (excludes halogenated alkanes) is 1. The highest BCUT2D eigenvalue weighted by Gasteiger charge is 2.47. The van der Waals surface area contributed by atoms with Crippen LogP contribution in [0, 0.1) is 19.8 Å². The van der Waals surface area contributed by atoms with E-state index >= 15 is 4.32 Å². The van der Waals surface area contributed by atoms with Crippen LogP contribution in [0.2, 0.25) is 0 Å². The lowest BCUT2D eigenvalue weighted by Crippen LogP contribution is -2.39. The molecule has 3 heterocycles. The van der Waals surface area contributed by atoms with Crippen LogP contribution in [0.25, 0.3) is 6.08 Å². The topological polar surface area (TPSA) is 25.0 Å². The maximum Gasteiger partial charge on any atom is 0.846 e. The zero-order valence-electron chi connectivity index (χ0n) is 15.4. The van der Waals surface area contributed by atoms with E-state index in [4.69, 9.17) is 0 Å². The zero-order valence-corrected chi connectivity index (χ0v) is 15.4. The molecule has 0 N–H and O–H groups in total. The summed E-state index contributed by atoms with van der Waals surface area (Å²) >= 11 is 0. The van der Waals surface area contributed by atoms with Crippen molar-refractivity contribution in [1.82, 2.24) is 4.48 Å². The first-order chi connectivity index (χ1) is 11.4. The third kappa shape index (κ3) is 3.53. The highest BCUT2D eigenvalue weighted by atomic mass is 19.1. The summed E-state index contributed by atoms with van der Waals surface area (Å²) in [6.07, 6.45) is 9.26. The third-order valence-electron chi connectivity index (χ3n) is 4.96. The van der Waals surface area contributed by atoms with Gasteiger partial charge in [-0.05, 0) is 38.3 Å². The van der Waals surface area contributed by atoms with Gasteiger partial charge in [-0.25, -0.2) is 8.80 Å². The molecule has 0 aromatic carbocycles. The molecule has 0 bridgehead atoms. The second kappa shape index (κ2) is 7.50. The Morgan fingerprint density at radius 2 is 2.00 bits per heavy atom. The lowest BCUT2D eigenvalue weighted by atomic mass is 9.96. The number of hydrogen-bond donors (Lipinski definition) is 0. The molecule has 6 heteroatoms. The SMILES string of the molecule is Cc1cc(C)n2c1C=C1C=CC(CCCCC(=O)C(C)C)=[N+]1B2F.F. The fraction of sp³-hybridized carbons (Fsp3) is 0.474. The summed E-state index contributed by atoms with van der Waals surface area (Å²) < 4.78 is 18.7. The number of carbonyl (C=O) groups is 1. The first-order valence-corrected chi connectivity index (χ1v) is 8.80. The Kier molecular flexibility index (Phi) is 5.81. The smallest absolute Gasteiger partial charge is 0.299 e. The predicted molar refractivity (Wildman–Crippen MR) is 99.4 cm³/mol. The Morgan fingerprint density at radius 3 is 2.68 bits per heavy atom. The van der Waals surface area contributed by atoms with Gasteiger partial charge in [0.2, 0.25) is 0 Å². The number of aryl methyl sites for hydroxylation is 2. The molecule has 0 amide bonds. The van der Waals surface area contributed by atoms with E-state index in [1.165, 1.54) is 0 Å². The van der Waals surface area contributed by atoms with E-state index in [1.54, 1.807) is 8.96 Å². The van der Waals surface area contributed by atoms with E-state index in [-0.39, 0.29) is 10.6 Å². The van der Waals surface area contributed by atoms with Crippen LogP contribution in [0.5, 0.6) is 0 Å². The van der Waals surface area contributed by atoms with Crippen LogP contribution in [0.3, 0.4) is 0 Å². The Bertz CT molecular complexity index is 775. The summed E-state index contributed by atoms with van der Waals surface area (Å²) in [5.74, 6) is 0.418. The number of nitrogens with zero attached hydrogens (tertiary/aromatic N) is 2. The lowest BCUT2D eigenvalue weighted by Gasteiger charge is -2.15. The number of carbonyl (C=O) groups excluding carboxylic acids is 1. The van der Waals surface area contributed by atoms with Crippen molar-refractivity contribution in [3.05, 3.63) is 40.9 Å². The molecule has 1 aromatic rings. The van der Waals surface area contributed by atoms with Crippen LogP contribution in [0.15, 0.2) is 23.9 Å². The lowest BCUT2D eigenvalue weighted by molar-refractivity contribution is -0.335. The molecule has 0 aliphatic carbocycles. The van der Waals surface area contributed by atoms with Gasteiger partial charge in [0.15, 0.2) is 11.4 Å².